The highest BCUT2D eigenvalue weighted by Crippen LogP contribution is 2.31. The van der Waals surface area contributed by atoms with Gasteiger partial charge in [-0.25, -0.2) is 4.98 Å². The zero-order valence-electron chi connectivity index (χ0n) is 10.5. The Labute approximate surface area is 105 Å². The Kier molecular flexibility index (Phi) is 3.11. The minimum atomic E-state index is 0.720. The Bertz CT molecular complexity index is 584. The molecule has 0 spiro atoms. The lowest BCUT2D eigenvalue weighted by Gasteiger charge is -2.07. The molecular formula is C14H15NOS. The van der Waals surface area contributed by atoms with Crippen molar-refractivity contribution in [1.29, 1.82) is 0 Å². The molecule has 0 fully saturated rings. The van der Waals surface area contributed by atoms with Crippen LogP contribution >= 0.6 is 11.3 Å². The van der Waals surface area contributed by atoms with Gasteiger partial charge in [-0.3, -0.25) is 4.79 Å². The molecular weight excluding hydrogens is 230 g/mol. The highest BCUT2D eigenvalue weighted by Gasteiger charge is 2.11. The van der Waals surface area contributed by atoms with Crippen molar-refractivity contribution in [3.05, 3.63) is 39.4 Å². The zero-order chi connectivity index (χ0) is 12.6. The van der Waals surface area contributed by atoms with Gasteiger partial charge in [-0.05, 0) is 50.5 Å². The van der Waals surface area contributed by atoms with Gasteiger partial charge < -0.3 is 0 Å². The van der Waals surface area contributed by atoms with Gasteiger partial charge in [0.25, 0.3) is 0 Å². The lowest BCUT2D eigenvalue weighted by molar-refractivity contribution is 0.112. The van der Waals surface area contributed by atoms with E-state index in [2.05, 4.69) is 37.9 Å². The molecule has 0 atom stereocenters. The molecule has 0 amide bonds. The van der Waals surface area contributed by atoms with E-state index in [0.717, 1.165) is 27.4 Å². The molecule has 2 rings (SSSR count). The fourth-order valence-electron chi connectivity index (χ4n) is 1.82. The van der Waals surface area contributed by atoms with Gasteiger partial charge in [0.15, 0.2) is 6.29 Å². The van der Waals surface area contributed by atoms with Crippen molar-refractivity contribution in [2.24, 2.45) is 0 Å². The summed E-state index contributed by atoms with van der Waals surface area (Å²) in [6.45, 7) is 8.16. The van der Waals surface area contributed by atoms with Crippen LogP contribution in [0.3, 0.4) is 0 Å². The fourth-order valence-corrected chi connectivity index (χ4v) is 2.79. The maximum atomic E-state index is 10.8. The van der Waals surface area contributed by atoms with Crippen LogP contribution in [-0.2, 0) is 0 Å². The van der Waals surface area contributed by atoms with Crippen molar-refractivity contribution in [1.82, 2.24) is 4.98 Å². The van der Waals surface area contributed by atoms with Gasteiger partial charge in [-0.2, -0.15) is 0 Å². The first-order valence-corrected chi connectivity index (χ1v) is 6.35. The number of aldehydes is 1. The number of aryl methyl sites for hydroxylation is 4. The van der Waals surface area contributed by atoms with Gasteiger partial charge in [-0.15, -0.1) is 11.3 Å². The molecule has 1 aromatic heterocycles. The van der Waals surface area contributed by atoms with Crippen molar-refractivity contribution in [3.8, 4) is 10.6 Å². The van der Waals surface area contributed by atoms with Crippen molar-refractivity contribution in [3.63, 3.8) is 0 Å². The molecule has 1 heterocycles. The quantitative estimate of drug-likeness (QED) is 0.752. The first-order chi connectivity index (χ1) is 8.02. The second-order valence-electron chi connectivity index (χ2n) is 4.34. The Hall–Kier alpha value is -1.48. The fraction of sp³-hybridized carbons (Fsp3) is 0.286. The summed E-state index contributed by atoms with van der Waals surface area (Å²) in [7, 11) is 0. The summed E-state index contributed by atoms with van der Waals surface area (Å²) in [4.78, 5) is 16.0. The van der Waals surface area contributed by atoms with E-state index >= 15 is 0 Å². The molecule has 0 saturated heterocycles. The lowest BCUT2D eigenvalue weighted by atomic mass is 10.0. The predicted molar refractivity (Wildman–Crippen MR) is 71.9 cm³/mol. The molecule has 88 valence electrons. The molecule has 0 unspecified atom stereocenters. The van der Waals surface area contributed by atoms with Crippen LogP contribution in [0.5, 0.6) is 0 Å². The second kappa shape index (κ2) is 4.41. The van der Waals surface area contributed by atoms with E-state index < -0.39 is 0 Å². The van der Waals surface area contributed by atoms with Gasteiger partial charge in [-0.1, -0.05) is 6.07 Å². The number of thiazole rings is 1. The number of nitrogens with zero attached hydrogens (tertiary/aromatic N) is 1. The summed E-state index contributed by atoms with van der Waals surface area (Å²) in [6.07, 6.45) is 0.882. The van der Waals surface area contributed by atoms with Crippen LogP contribution in [-0.4, -0.2) is 11.3 Å². The SMILES string of the molecule is Cc1cc(C)c(-c2nc(C)c(C=O)s2)cc1C. The molecule has 0 saturated carbocycles. The molecule has 0 radical (unpaired) electrons. The van der Waals surface area contributed by atoms with Gasteiger partial charge in [0.05, 0.1) is 10.6 Å². The average molecular weight is 245 g/mol. The Morgan fingerprint density at radius 1 is 1.06 bits per heavy atom. The molecule has 3 heteroatoms. The van der Waals surface area contributed by atoms with Crippen molar-refractivity contribution in [2.75, 3.05) is 0 Å². The molecule has 0 bridgehead atoms. The normalized spacial score (nSPS) is 10.6. The number of rotatable bonds is 2. The predicted octanol–water partition coefficient (Wildman–Crippen LogP) is 3.86. The lowest BCUT2D eigenvalue weighted by Crippen LogP contribution is -1.88. The molecule has 2 aromatic rings. The minimum absolute atomic E-state index is 0.720. The third kappa shape index (κ3) is 2.15. The van der Waals surface area contributed by atoms with Crippen molar-refractivity contribution in [2.45, 2.75) is 27.7 Å². The molecule has 0 aliphatic rings. The summed E-state index contributed by atoms with van der Waals surface area (Å²) in [6, 6.07) is 4.32. The molecule has 0 N–H and O–H groups in total. The first-order valence-electron chi connectivity index (χ1n) is 5.53. The third-order valence-electron chi connectivity index (χ3n) is 3.01. The summed E-state index contributed by atoms with van der Waals surface area (Å²) >= 11 is 1.46. The van der Waals surface area contributed by atoms with E-state index in [4.69, 9.17) is 0 Å². The summed E-state index contributed by atoms with van der Waals surface area (Å²) in [5.74, 6) is 0. The van der Waals surface area contributed by atoms with Crippen LogP contribution in [0.1, 0.15) is 32.1 Å². The van der Waals surface area contributed by atoms with Gasteiger partial charge in [0.2, 0.25) is 0 Å². The number of hydrogen-bond acceptors (Lipinski definition) is 3. The number of hydrogen-bond donors (Lipinski definition) is 0. The molecule has 0 aliphatic carbocycles. The minimum Gasteiger partial charge on any atom is -0.297 e. The van der Waals surface area contributed by atoms with Crippen LogP contribution in [0.25, 0.3) is 10.6 Å². The topological polar surface area (TPSA) is 30.0 Å². The molecule has 1 aromatic carbocycles. The third-order valence-corrected chi connectivity index (χ3v) is 4.13. The van der Waals surface area contributed by atoms with E-state index in [-0.39, 0.29) is 0 Å². The first kappa shape index (κ1) is 12.0. The van der Waals surface area contributed by atoms with Gasteiger partial charge in [0, 0.05) is 5.56 Å². The van der Waals surface area contributed by atoms with Crippen LogP contribution in [0.2, 0.25) is 0 Å². The van der Waals surface area contributed by atoms with E-state index in [9.17, 15) is 4.79 Å². The highest BCUT2D eigenvalue weighted by molar-refractivity contribution is 7.16. The second-order valence-corrected chi connectivity index (χ2v) is 5.37. The van der Waals surface area contributed by atoms with Crippen molar-refractivity contribution < 1.29 is 4.79 Å². The van der Waals surface area contributed by atoms with E-state index in [1.165, 1.54) is 28.0 Å². The summed E-state index contributed by atoms with van der Waals surface area (Å²) in [5, 5.41) is 0.935. The zero-order valence-corrected chi connectivity index (χ0v) is 11.3. The molecule has 0 aliphatic heterocycles. The molecule has 17 heavy (non-hydrogen) atoms. The van der Waals surface area contributed by atoms with E-state index in [0.29, 0.717) is 0 Å². The summed E-state index contributed by atoms with van der Waals surface area (Å²) < 4.78 is 0. The number of benzene rings is 1. The summed E-state index contributed by atoms with van der Waals surface area (Å²) in [5.41, 5.74) is 5.70. The number of carbonyl (C=O) groups excluding carboxylic acids is 1. The number of carbonyl (C=O) groups is 1. The molecule has 2 nitrogen and oxygen atoms in total. The van der Waals surface area contributed by atoms with Crippen LogP contribution in [0.15, 0.2) is 12.1 Å². The standard InChI is InChI=1S/C14H15NOS/c1-8-5-10(3)12(6-9(8)2)14-15-11(4)13(7-16)17-14/h5-7H,1-4H3. The Morgan fingerprint density at radius 2 is 1.71 bits per heavy atom. The van der Waals surface area contributed by atoms with Gasteiger partial charge >= 0.3 is 0 Å². The van der Waals surface area contributed by atoms with Crippen LogP contribution in [0.4, 0.5) is 0 Å². The Morgan fingerprint density at radius 3 is 2.29 bits per heavy atom. The maximum absolute atomic E-state index is 10.8. The Balaban J connectivity index is 2.59. The largest absolute Gasteiger partial charge is 0.297 e. The van der Waals surface area contributed by atoms with Crippen LogP contribution in [0, 0.1) is 27.7 Å². The smallest absolute Gasteiger partial charge is 0.161 e. The average Bonchev–Trinajstić information content (AvgIpc) is 2.65. The monoisotopic (exact) mass is 245 g/mol. The van der Waals surface area contributed by atoms with E-state index in [1.54, 1.807) is 0 Å². The van der Waals surface area contributed by atoms with Crippen LogP contribution < -0.4 is 0 Å². The van der Waals surface area contributed by atoms with Crippen molar-refractivity contribution >= 4 is 17.6 Å². The maximum Gasteiger partial charge on any atom is 0.161 e. The van der Waals surface area contributed by atoms with E-state index in [1.807, 2.05) is 6.92 Å². The van der Waals surface area contributed by atoms with Gasteiger partial charge in [0.1, 0.15) is 5.01 Å². The number of aromatic nitrogens is 1. The highest BCUT2D eigenvalue weighted by atomic mass is 32.1.